The number of fused-ring (bicyclic) bond motifs is 1. The van der Waals surface area contributed by atoms with Crippen molar-refractivity contribution in [3.63, 3.8) is 0 Å². The minimum atomic E-state index is -0.0260. The van der Waals surface area contributed by atoms with Crippen LogP contribution in [0, 0.1) is 13.8 Å². The summed E-state index contributed by atoms with van der Waals surface area (Å²) in [6, 6.07) is 10.5. The van der Waals surface area contributed by atoms with Crippen LogP contribution in [0.25, 0.3) is 0 Å². The van der Waals surface area contributed by atoms with Gasteiger partial charge in [-0.1, -0.05) is 17.7 Å². The highest BCUT2D eigenvalue weighted by atomic mass is 16.5. The molecule has 3 rings (SSSR count). The summed E-state index contributed by atoms with van der Waals surface area (Å²) in [6.07, 6.45) is 1.06. The van der Waals surface area contributed by atoms with Gasteiger partial charge in [-0.15, -0.1) is 0 Å². The number of aryl methyl sites for hydroxylation is 2. The molecule has 0 aromatic heterocycles. The van der Waals surface area contributed by atoms with Crippen molar-refractivity contribution >= 4 is 11.6 Å². The number of methoxy groups -OCH3 is 2. The first-order valence-corrected chi connectivity index (χ1v) is 9.18. The third-order valence-corrected chi connectivity index (χ3v) is 4.65. The highest BCUT2D eigenvalue weighted by Gasteiger charge is 2.18. The molecule has 5 nitrogen and oxygen atoms in total. The van der Waals surface area contributed by atoms with E-state index < -0.39 is 0 Å². The molecule has 1 heterocycles. The van der Waals surface area contributed by atoms with Crippen LogP contribution in [-0.4, -0.2) is 26.7 Å². The quantitative estimate of drug-likeness (QED) is 0.851. The van der Waals surface area contributed by atoms with Gasteiger partial charge in [0.15, 0.2) is 11.5 Å². The maximum atomic E-state index is 10.7. The summed E-state index contributed by atoms with van der Waals surface area (Å²) in [6.45, 7) is 8.73. The number of hydrogen-bond donors (Lipinski definition) is 2. The lowest BCUT2D eigenvalue weighted by Gasteiger charge is -2.25. The third kappa shape index (κ3) is 5.47. The highest BCUT2D eigenvalue weighted by Crippen LogP contribution is 2.34. The zero-order valence-electron chi connectivity index (χ0n) is 17.1. The third-order valence-electron chi connectivity index (χ3n) is 4.65. The minimum absolute atomic E-state index is 0.0260. The summed E-state index contributed by atoms with van der Waals surface area (Å²) in [5.41, 5.74) is 5.89. The molecule has 0 bridgehead atoms. The van der Waals surface area contributed by atoms with Crippen molar-refractivity contribution in [2.75, 3.05) is 26.1 Å². The maximum Gasteiger partial charge on any atom is 0.221 e. The van der Waals surface area contributed by atoms with E-state index >= 15 is 0 Å². The lowest BCUT2D eigenvalue weighted by atomic mass is 9.94. The van der Waals surface area contributed by atoms with Gasteiger partial charge in [-0.05, 0) is 68.6 Å². The summed E-state index contributed by atoms with van der Waals surface area (Å²) in [5, 5.41) is 6.19. The number of benzene rings is 2. The van der Waals surface area contributed by atoms with Crippen LogP contribution < -0.4 is 20.1 Å². The van der Waals surface area contributed by atoms with Crippen molar-refractivity contribution in [3.8, 4) is 11.5 Å². The van der Waals surface area contributed by atoms with Crippen LogP contribution in [0.3, 0.4) is 0 Å². The first-order valence-electron chi connectivity index (χ1n) is 9.18. The van der Waals surface area contributed by atoms with Gasteiger partial charge in [0.05, 0.1) is 14.2 Å². The molecule has 5 heteroatoms. The molecule has 0 radical (unpaired) electrons. The Morgan fingerprint density at radius 3 is 2.37 bits per heavy atom. The monoisotopic (exact) mass is 370 g/mol. The van der Waals surface area contributed by atoms with Crippen LogP contribution in [0.4, 0.5) is 5.69 Å². The molecule has 2 aromatic carbocycles. The van der Waals surface area contributed by atoms with Crippen molar-refractivity contribution in [3.05, 3.63) is 52.6 Å². The number of ether oxygens (including phenoxy) is 2. The predicted molar refractivity (Wildman–Crippen MR) is 110 cm³/mol. The van der Waals surface area contributed by atoms with E-state index in [1.807, 2.05) is 32.0 Å². The number of carbonyl (C=O) groups is 1. The standard InChI is InChI=1S/C12H17NO2.C10H13NO/c1-8-10-7-12(15-3)11(14-2)6-9(10)4-5-13-8;1-7-4-5-10(8(2)6-7)11-9(3)12/h6-8,13H,4-5H2,1-3H3;4-6H,1-3H3,(H,11,12). The van der Waals surface area contributed by atoms with Gasteiger partial charge in [-0.2, -0.15) is 0 Å². The zero-order chi connectivity index (χ0) is 20.0. The molecule has 1 aliphatic rings. The Kier molecular flexibility index (Phi) is 7.25. The van der Waals surface area contributed by atoms with Gasteiger partial charge in [0.25, 0.3) is 0 Å². The van der Waals surface area contributed by atoms with Crippen LogP contribution in [0.15, 0.2) is 30.3 Å². The van der Waals surface area contributed by atoms with Gasteiger partial charge >= 0.3 is 0 Å². The highest BCUT2D eigenvalue weighted by molar-refractivity contribution is 5.89. The van der Waals surface area contributed by atoms with Gasteiger partial charge in [0.1, 0.15) is 0 Å². The predicted octanol–water partition coefficient (Wildman–Crippen LogP) is 4.17. The molecule has 1 aliphatic heterocycles. The lowest BCUT2D eigenvalue weighted by Crippen LogP contribution is -2.27. The molecule has 0 saturated heterocycles. The molecular weight excluding hydrogens is 340 g/mol. The van der Waals surface area contributed by atoms with E-state index in [0.717, 1.165) is 35.7 Å². The molecule has 0 spiro atoms. The second-order valence-electron chi connectivity index (χ2n) is 6.83. The van der Waals surface area contributed by atoms with Gasteiger partial charge in [0.2, 0.25) is 5.91 Å². The lowest BCUT2D eigenvalue weighted by molar-refractivity contribution is -0.114. The van der Waals surface area contributed by atoms with Crippen LogP contribution in [-0.2, 0) is 11.2 Å². The van der Waals surface area contributed by atoms with E-state index in [9.17, 15) is 4.79 Å². The molecule has 1 unspecified atom stereocenters. The molecule has 1 atom stereocenters. The number of anilines is 1. The largest absolute Gasteiger partial charge is 0.493 e. The van der Waals surface area contributed by atoms with Gasteiger partial charge in [-0.3, -0.25) is 4.79 Å². The summed E-state index contributed by atoms with van der Waals surface area (Å²) < 4.78 is 10.6. The Hall–Kier alpha value is -2.53. The van der Waals surface area contributed by atoms with Crippen LogP contribution >= 0.6 is 0 Å². The Balaban J connectivity index is 0.000000199. The van der Waals surface area contributed by atoms with Gasteiger partial charge in [-0.25, -0.2) is 0 Å². The van der Waals surface area contributed by atoms with Crippen molar-refractivity contribution in [2.24, 2.45) is 0 Å². The van der Waals surface area contributed by atoms with Crippen molar-refractivity contribution < 1.29 is 14.3 Å². The fraction of sp³-hybridized carbons (Fsp3) is 0.409. The number of nitrogens with one attached hydrogen (secondary N) is 2. The first kappa shape index (κ1) is 20.8. The molecule has 0 saturated carbocycles. The second-order valence-corrected chi connectivity index (χ2v) is 6.83. The number of amides is 1. The fourth-order valence-electron chi connectivity index (χ4n) is 3.23. The van der Waals surface area contributed by atoms with Crippen molar-refractivity contribution in [2.45, 2.75) is 40.2 Å². The number of rotatable bonds is 3. The Bertz CT molecular complexity index is 802. The summed E-state index contributed by atoms with van der Waals surface area (Å²) in [5.74, 6) is 1.61. The average Bonchev–Trinajstić information content (AvgIpc) is 2.63. The van der Waals surface area contributed by atoms with Crippen molar-refractivity contribution in [1.29, 1.82) is 0 Å². The van der Waals surface area contributed by atoms with E-state index in [1.54, 1.807) is 14.2 Å². The number of hydrogen-bond acceptors (Lipinski definition) is 4. The molecule has 27 heavy (non-hydrogen) atoms. The van der Waals surface area contributed by atoms with E-state index in [0.29, 0.717) is 6.04 Å². The average molecular weight is 370 g/mol. The summed E-state index contributed by atoms with van der Waals surface area (Å²) in [7, 11) is 3.35. The molecule has 1 amide bonds. The number of carbonyl (C=O) groups excluding carboxylic acids is 1. The van der Waals surface area contributed by atoms with E-state index in [-0.39, 0.29) is 5.91 Å². The topological polar surface area (TPSA) is 59.6 Å². The molecule has 0 fully saturated rings. The molecule has 146 valence electrons. The van der Waals surface area contributed by atoms with Gasteiger partial charge < -0.3 is 20.1 Å². The zero-order valence-corrected chi connectivity index (χ0v) is 17.1. The molecular formula is C22H30N2O3. The Morgan fingerprint density at radius 2 is 1.78 bits per heavy atom. The Morgan fingerprint density at radius 1 is 1.11 bits per heavy atom. The smallest absolute Gasteiger partial charge is 0.221 e. The van der Waals surface area contributed by atoms with E-state index in [2.05, 4.69) is 29.7 Å². The van der Waals surface area contributed by atoms with Crippen LogP contribution in [0.5, 0.6) is 11.5 Å². The molecule has 0 aliphatic carbocycles. The molecule has 2 aromatic rings. The van der Waals surface area contributed by atoms with Gasteiger partial charge in [0, 0.05) is 18.7 Å². The minimum Gasteiger partial charge on any atom is -0.493 e. The summed E-state index contributed by atoms with van der Waals surface area (Å²) in [4.78, 5) is 10.7. The maximum absolute atomic E-state index is 10.7. The normalized spacial score (nSPS) is 15.1. The van der Waals surface area contributed by atoms with Crippen LogP contribution in [0.1, 0.15) is 42.1 Å². The second kappa shape index (κ2) is 9.42. The van der Waals surface area contributed by atoms with Crippen LogP contribution in [0.2, 0.25) is 0 Å². The first-order chi connectivity index (χ1) is 12.8. The van der Waals surface area contributed by atoms with Crippen molar-refractivity contribution in [1.82, 2.24) is 5.32 Å². The Labute approximate surface area is 162 Å². The van der Waals surface area contributed by atoms with E-state index in [1.165, 1.54) is 23.6 Å². The fourth-order valence-corrected chi connectivity index (χ4v) is 3.23. The molecule has 2 N–H and O–H groups in total. The SMILES string of the molecule is CC(=O)Nc1ccc(C)cc1C.COc1cc2c(cc1OC)C(C)NCC2. The van der Waals surface area contributed by atoms with E-state index in [4.69, 9.17) is 9.47 Å². The summed E-state index contributed by atoms with van der Waals surface area (Å²) >= 11 is 0.